The van der Waals surface area contributed by atoms with E-state index in [1.54, 1.807) is 53.0 Å². The first-order valence-electron chi connectivity index (χ1n) is 13.6. The lowest BCUT2D eigenvalue weighted by atomic mass is 9.95. The molecule has 1 fully saturated rings. The number of anilines is 1. The SMILES string of the molecule is CCN(C1CCCCC1)S(=O)(=O)c1ccc(C(=O)N(Cc2cccnc2)c2nc3c(OC)ccc(C)c3s2)cc1. The minimum atomic E-state index is -3.67. The number of benzene rings is 2. The summed E-state index contributed by atoms with van der Waals surface area (Å²) >= 11 is 1.42. The molecule has 0 aliphatic heterocycles. The highest BCUT2D eigenvalue weighted by molar-refractivity contribution is 7.89. The molecular weight excluding hydrogens is 544 g/mol. The molecule has 1 aliphatic carbocycles. The Morgan fingerprint density at radius 3 is 2.48 bits per heavy atom. The van der Waals surface area contributed by atoms with Gasteiger partial charge in [0, 0.05) is 30.5 Å². The van der Waals surface area contributed by atoms with E-state index in [0.717, 1.165) is 47.9 Å². The predicted molar refractivity (Wildman–Crippen MR) is 159 cm³/mol. The smallest absolute Gasteiger partial charge is 0.260 e. The van der Waals surface area contributed by atoms with Crippen LogP contribution in [0.4, 0.5) is 5.13 Å². The van der Waals surface area contributed by atoms with Gasteiger partial charge in [-0.05, 0) is 67.3 Å². The lowest BCUT2D eigenvalue weighted by Gasteiger charge is -2.32. The highest BCUT2D eigenvalue weighted by atomic mass is 32.2. The van der Waals surface area contributed by atoms with E-state index in [1.807, 2.05) is 38.1 Å². The lowest BCUT2D eigenvalue weighted by Crippen LogP contribution is -2.41. The number of aromatic nitrogens is 2. The Morgan fingerprint density at radius 2 is 1.82 bits per heavy atom. The predicted octanol–water partition coefficient (Wildman–Crippen LogP) is 6.20. The standard InChI is InChI=1S/C30H34N4O4S2/c1-4-34(24-10-6-5-7-11-24)40(36,37)25-15-13-23(14-16-25)29(35)33(20-22-9-8-18-31-19-22)30-32-27-26(38-3)17-12-21(2)28(27)39-30/h8-9,12-19,24H,4-7,10-11,20H2,1-3H3. The van der Waals surface area contributed by atoms with Gasteiger partial charge in [-0.2, -0.15) is 4.31 Å². The third kappa shape index (κ3) is 5.61. The molecule has 2 heterocycles. The summed E-state index contributed by atoms with van der Waals surface area (Å²) in [4.78, 5) is 24.8. The Balaban J connectivity index is 1.48. The van der Waals surface area contributed by atoms with E-state index < -0.39 is 10.0 Å². The van der Waals surface area contributed by atoms with E-state index in [9.17, 15) is 13.2 Å². The molecule has 40 heavy (non-hydrogen) atoms. The van der Waals surface area contributed by atoms with Gasteiger partial charge in [-0.25, -0.2) is 13.4 Å². The topological polar surface area (TPSA) is 92.7 Å². The summed E-state index contributed by atoms with van der Waals surface area (Å²) in [5, 5.41) is 0.530. The molecule has 8 nitrogen and oxygen atoms in total. The van der Waals surface area contributed by atoms with Crippen molar-refractivity contribution in [3.63, 3.8) is 0 Å². The molecule has 1 aliphatic rings. The summed E-state index contributed by atoms with van der Waals surface area (Å²) in [6.45, 7) is 4.57. The molecule has 0 atom stereocenters. The summed E-state index contributed by atoms with van der Waals surface area (Å²) in [5.41, 5.74) is 2.98. The van der Waals surface area contributed by atoms with Gasteiger partial charge < -0.3 is 4.74 Å². The first kappa shape index (κ1) is 28.2. The number of thiazole rings is 1. The molecule has 1 amide bonds. The van der Waals surface area contributed by atoms with Crippen LogP contribution in [0.2, 0.25) is 0 Å². The average molecular weight is 579 g/mol. The second kappa shape index (κ2) is 12.0. The highest BCUT2D eigenvalue weighted by Gasteiger charge is 2.31. The van der Waals surface area contributed by atoms with Crippen LogP contribution in [0.25, 0.3) is 10.2 Å². The maximum atomic E-state index is 13.9. The van der Waals surface area contributed by atoms with E-state index in [0.29, 0.717) is 28.5 Å². The van der Waals surface area contributed by atoms with Gasteiger partial charge >= 0.3 is 0 Å². The fourth-order valence-electron chi connectivity index (χ4n) is 5.33. The van der Waals surface area contributed by atoms with Gasteiger partial charge in [0.25, 0.3) is 5.91 Å². The maximum absolute atomic E-state index is 13.9. The fourth-order valence-corrected chi connectivity index (χ4v) is 8.08. The second-order valence-corrected chi connectivity index (χ2v) is 12.9. The molecule has 0 spiro atoms. The minimum absolute atomic E-state index is 0.0273. The Morgan fingerprint density at radius 1 is 1.07 bits per heavy atom. The van der Waals surface area contributed by atoms with Crippen molar-refractivity contribution in [2.75, 3.05) is 18.6 Å². The van der Waals surface area contributed by atoms with Crippen molar-refractivity contribution in [2.45, 2.75) is 63.4 Å². The molecule has 0 bridgehead atoms. The molecule has 10 heteroatoms. The number of fused-ring (bicyclic) bond motifs is 1. The van der Waals surface area contributed by atoms with E-state index >= 15 is 0 Å². The number of sulfonamides is 1. The minimum Gasteiger partial charge on any atom is -0.494 e. The first-order valence-corrected chi connectivity index (χ1v) is 15.9. The molecular formula is C30H34N4O4S2. The molecule has 2 aromatic carbocycles. The molecule has 4 aromatic rings. The number of hydrogen-bond donors (Lipinski definition) is 0. The van der Waals surface area contributed by atoms with Crippen molar-refractivity contribution in [2.24, 2.45) is 0 Å². The Labute approximate surface area is 239 Å². The molecule has 2 aromatic heterocycles. The van der Waals surface area contributed by atoms with Crippen molar-refractivity contribution in [1.29, 1.82) is 0 Å². The van der Waals surface area contributed by atoms with Crippen LogP contribution in [0.5, 0.6) is 5.75 Å². The van der Waals surface area contributed by atoms with Gasteiger partial charge in [0.2, 0.25) is 10.0 Å². The number of aryl methyl sites for hydroxylation is 1. The summed E-state index contributed by atoms with van der Waals surface area (Å²) in [6.07, 6.45) is 8.44. The van der Waals surface area contributed by atoms with E-state index in [4.69, 9.17) is 9.72 Å². The fraction of sp³-hybridized carbons (Fsp3) is 0.367. The van der Waals surface area contributed by atoms with Gasteiger partial charge in [-0.1, -0.05) is 49.7 Å². The van der Waals surface area contributed by atoms with Crippen LogP contribution in [0.3, 0.4) is 0 Å². The van der Waals surface area contributed by atoms with Crippen molar-refractivity contribution >= 4 is 42.6 Å². The van der Waals surface area contributed by atoms with Gasteiger partial charge in [0.15, 0.2) is 5.13 Å². The quantitative estimate of drug-likeness (QED) is 0.235. The molecule has 1 saturated carbocycles. The molecule has 5 rings (SSSR count). The van der Waals surface area contributed by atoms with Gasteiger partial charge in [0.05, 0.1) is 23.2 Å². The number of rotatable bonds is 9. The zero-order chi connectivity index (χ0) is 28.3. The average Bonchev–Trinajstić information content (AvgIpc) is 3.43. The Hall–Kier alpha value is -3.34. The second-order valence-electron chi connectivity index (χ2n) is 10.0. The normalized spacial score (nSPS) is 14.5. The van der Waals surface area contributed by atoms with Crippen molar-refractivity contribution in [3.05, 3.63) is 77.6 Å². The zero-order valence-corrected chi connectivity index (χ0v) is 24.7. The molecule has 0 unspecified atom stereocenters. The van der Waals surface area contributed by atoms with E-state index in [1.165, 1.54) is 11.3 Å². The zero-order valence-electron chi connectivity index (χ0n) is 23.0. The van der Waals surface area contributed by atoms with Crippen LogP contribution >= 0.6 is 11.3 Å². The number of hydrogen-bond acceptors (Lipinski definition) is 7. The lowest BCUT2D eigenvalue weighted by molar-refractivity contribution is 0.0985. The molecule has 210 valence electrons. The first-order chi connectivity index (χ1) is 19.3. The monoisotopic (exact) mass is 578 g/mol. The summed E-state index contributed by atoms with van der Waals surface area (Å²) in [6, 6.07) is 13.9. The van der Waals surface area contributed by atoms with Crippen LogP contribution in [0, 0.1) is 6.92 Å². The highest BCUT2D eigenvalue weighted by Crippen LogP contribution is 2.37. The summed E-state index contributed by atoms with van der Waals surface area (Å²) < 4.78 is 35.2. The van der Waals surface area contributed by atoms with Crippen LogP contribution in [-0.4, -0.2) is 48.3 Å². The van der Waals surface area contributed by atoms with Crippen LogP contribution < -0.4 is 9.64 Å². The summed E-state index contributed by atoms with van der Waals surface area (Å²) in [7, 11) is -2.07. The Bertz CT molecular complexity index is 1580. The van der Waals surface area contributed by atoms with Crippen LogP contribution in [-0.2, 0) is 16.6 Å². The van der Waals surface area contributed by atoms with Crippen molar-refractivity contribution in [1.82, 2.24) is 14.3 Å². The number of ether oxygens (including phenoxy) is 1. The molecule has 0 N–H and O–H groups in total. The number of nitrogens with zero attached hydrogens (tertiary/aromatic N) is 4. The van der Waals surface area contributed by atoms with Crippen LogP contribution in [0.1, 0.15) is 60.5 Å². The number of carbonyl (C=O) groups is 1. The van der Waals surface area contributed by atoms with Gasteiger partial charge in [-0.15, -0.1) is 0 Å². The van der Waals surface area contributed by atoms with Gasteiger partial charge in [0.1, 0.15) is 11.3 Å². The third-order valence-corrected chi connectivity index (χ3v) is 10.7. The third-order valence-electron chi connectivity index (χ3n) is 7.45. The number of carbonyl (C=O) groups excluding carboxylic acids is 1. The van der Waals surface area contributed by atoms with Gasteiger partial charge in [-0.3, -0.25) is 14.7 Å². The molecule has 0 radical (unpaired) electrons. The molecule has 0 saturated heterocycles. The van der Waals surface area contributed by atoms with E-state index in [2.05, 4.69) is 4.98 Å². The number of methoxy groups -OCH3 is 1. The van der Waals surface area contributed by atoms with Crippen LogP contribution in [0.15, 0.2) is 65.8 Å². The maximum Gasteiger partial charge on any atom is 0.260 e. The number of amides is 1. The van der Waals surface area contributed by atoms with Crippen molar-refractivity contribution < 1.29 is 17.9 Å². The Kier molecular flexibility index (Phi) is 8.48. The largest absolute Gasteiger partial charge is 0.494 e. The van der Waals surface area contributed by atoms with Crippen molar-refractivity contribution in [3.8, 4) is 5.75 Å². The summed E-state index contributed by atoms with van der Waals surface area (Å²) in [5.74, 6) is 0.369. The number of pyridine rings is 1. The van der Waals surface area contributed by atoms with E-state index in [-0.39, 0.29) is 23.4 Å².